The summed E-state index contributed by atoms with van der Waals surface area (Å²) in [6.45, 7) is 0. The minimum Gasteiger partial charge on any atom is -0.497 e. The molecule has 1 saturated heterocycles. The van der Waals surface area contributed by atoms with Crippen molar-refractivity contribution in [1.82, 2.24) is 5.32 Å². The third-order valence-electron chi connectivity index (χ3n) is 5.32. The van der Waals surface area contributed by atoms with Crippen LogP contribution in [0.1, 0.15) is 17.0 Å². The number of methoxy groups -OCH3 is 1. The predicted molar refractivity (Wildman–Crippen MR) is 112 cm³/mol. The molecule has 1 aliphatic heterocycles. The lowest BCUT2D eigenvalue weighted by molar-refractivity contribution is -0.134. The van der Waals surface area contributed by atoms with E-state index in [4.69, 9.17) is 4.74 Å². The van der Waals surface area contributed by atoms with Crippen LogP contribution in [0.4, 0.5) is 19.3 Å². The number of carbonyl (C=O) groups excluding carboxylic acids is 3. The van der Waals surface area contributed by atoms with E-state index in [-0.39, 0.29) is 5.69 Å². The molecule has 0 bridgehead atoms. The van der Waals surface area contributed by atoms with Gasteiger partial charge in [-0.25, -0.2) is 18.5 Å². The smallest absolute Gasteiger partial charge is 0.335 e. The molecule has 0 spiro atoms. The highest BCUT2D eigenvalue weighted by Crippen LogP contribution is 2.36. The van der Waals surface area contributed by atoms with Crippen LogP contribution in [0, 0.1) is 17.6 Å². The molecule has 4 amide bonds. The van der Waals surface area contributed by atoms with Crippen LogP contribution in [0.25, 0.3) is 0 Å². The Morgan fingerprint density at radius 1 is 0.812 bits per heavy atom. The molecule has 1 N–H and O–H groups in total. The number of hydrogen-bond acceptors (Lipinski definition) is 4. The average molecular weight is 436 g/mol. The fourth-order valence-corrected chi connectivity index (χ4v) is 3.78. The fourth-order valence-electron chi connectivity index (χ4n) is 3.78. The maximum atomic E-state index is 13.5. The molecular formula is C24H18F2N2O4. The van der Waals surface area contributed by atoms with Crippen LogP contribution in [-0.4, -0.2) is 25.0 Å². The summed E-state index contributed by atoms with van der Waals surface area (Å²) < 4.78 is 32.2. The number of nitrogens with zero attached hydrogens (tertiary/aromatic N) is 1. The van der Waals surface area contributed by atoms with E-state index in [9.17, 15) is 23.2 Å². The molecule has 162 valence electrons. The highest BCUT2D eigenvalue weighted by atomic mass is 19.1. The van der Waals surface area contributed by atoms with Crippen LogP contribution < -0.4 is 15.0 Å². The van der Waals surface area contributed by atoms with Crippen LogP contribution in [0.3, 0.4) is 0 Å². The number of nitrogens with one attached hydrogen (secondary N) is 1. The van der Waals surface area contributed by atoms with Crippen molar-refractivity contribution in [2.75, 3.05) is 12.0 Å². The number of anilines is 1. The zero-order chi connectivity index (χ0) is 22.8. The standard InChI is InChI=1S/C24H18F2N2O4/c1-32-19-12-10-18(11-13-19)28-23(30)21(22(29)27-24(28)31)20(14-2-6-16(25)7-3-14)15-4-8-17(26)9-5-15/h2-13,20-21H,1H3,(H,27,29,31). The van der Waals surface area contributed by atoms with Gasteiger partial charge in [0.05, 0.1) is 12.8 Å². The molecule has 0 radical (unpaired) electrons. The first kappa shape index (κ1) is 21.2. The predicted octanol–water partition coefficient (Wildman–Crippen LogP) is 4.00. The Balaban J connectivity index is 1.80. The van der Waals surface area contributed by atoms with E-state index in [1.54, 1.807) is 12.1 Å². The Morgan fingerprint density at radius 3 is 1.78 bits per heavy atom. The number of barbiturate groups is 1. The van der Waals surface area contributed by atoms with Gasteiger partial charge in [-0.15, -0.1) is 0 Å². The maximum Gasteiger partial charge on any atom is 0.335 e. The van der Waals surface area contributed by atoms with Crippen molar-refractivity contribution in [3.8, 4) is 5.75 Å². The molecule has 0 aromatic heterocycles. The minimum atomic E-state index is -1.34. The van der Waals surface area contributed by atoms with Crippen LogP contribution in [-0.2, 0) is 9.59 Å². The molecule has 6 nitrogen and oxygen atoms in total. The number of rotatable bonds is 5. The van der Waals surface area contributed by atoms with E-state index in [2.05, 4.69) is 5.32 Å². The zero-order valence-electron chi connectivity index (χ0n) is 16.9. The lowest BCUT2D eigenvalue weighted by atomic mass is 9.78. The van der Waals surface area contributed by atoms with E-state index in [0.717, 1.165) is 4.90 Å². The number of benzene rings is 3. The maximum absolute atomic E-state index is 13.5. The van der Waals surface area contributed by atoms with E-state index < -0.39 is 41.3 Å². The molecule has 1 atom stereocenters. The summed E-state index contributed by atoms with van der Waals surface area (Å²) in [6, 6.07) is 16.0. The van der Waals surface area contributed by atoms with Gasteiger partial charge >= 0.3 is 6.03 Å². The molecule has 1 fully saturated rings. The van der Waals surface area contributed by atoms with Crippen LogP contribution in [0.5, 0.6) is 5.75 Å². The van der Waals surface area contributed by atoms with Gasteiger partial charge in [-0.3, -0.25) is 14.9 Å². The van der Waals surface area contributed by atoms with Gasteiger partial charge in [0.25, 0.3) is 0 Å². The fraction of sp³-hybridized carbons (Fsp3) is 0.125. The van der Waals surface area contributed by atoms with E-state index in [1.165, 1.54) is 67.8 Å². The summed E-state index contributed by atoms with van der Waals surface area (Å²) in [4.78, 5) is 39.8. The Kier molecular flexibility index (Phi) is 5.68. The van der Waals surface area contributed by atoms with Crippen molar-refractivity contribution in [3.63, 3.8) is 0 Å². The van der Waals surface area contributed by atoms with Crippen LogP contribution in [0.15, 0.2) is 72.8 Å². The lowest BCUT2D eigenvalue weighted by Crippen LogP contribution is -2.59. The van der Waals surface area contributed by atoms with Gasteiger partial charge in [-0.2, -0.15) is 0 Å². The van der Waals surface area contributed by atoms with Crippen molar-refractivity contribution in [2.45, 2.75) is 5.92 Å². The molecule has 1 unspecified atom stereocenters. The summed E-state index contributed by atoms with van der Waals surface area (Å²) in [5, 5.41) is 2.23. The van der Waals surface area contributed by atoms with E-state index in [1.807, 2.05) is 0 Å². The first-order valence-electron chi connectivity index (χ1n) is 9.73. The van der Waals surface area contributed by atoms with Crippen molar-refractivity contribution >= 4 is 23.5 Å². The molecule has 1 heterocycles. The normalized spacial score (nSPS) is 16.3. The molecule has 32 heavy (non-hydrogen) atoms. The number of amides is 4. The quantitative estimate of drug-likeness (QED) is 0.614. The van der Waals surface area contributed by atoms with Gasteiger partial charge in [0.15, 0.2) is 0 Å². The third kappa shape index (κ3) is 3.94. The summed E-state index contributed by atoms with van der Waals surface area (Å²) in [7, 11) is 1.48. The summed E-state index contributed by atoms with van der Waals surface area (Å²) >= 11 is 0. The Bertz CT molecular complexity index is 1120. The van der Waals surface area contributed by atoms with Crippen molar-refractivity contribution in [1.29, 1.82) is 0 Å². The molecule has 8 heteroatoms. The third-order valence-corrected chi connectivity index (χ3v) is 5.32. The minimum absolute atomic E-state index is 0.253. The van der Waals surface area contributed by atoms with Gasteiger partial charge in [0.2, 0.25) is 11.8 Å². The Hall–Kier alpha value is -4.07. The second-order valence-corrected chi connectivity index (χ2v) is 7.22. The summed E-state index contributed by atoms with van der Waals surface area (Å²) in [5.41, 5.74) is 1.19. The van der Waals surface area contributed by atoms with Crippen molar-refractivity contribution in [3.05, 3.63) is 95.6 Å². The molecular weight excluding hydrogens is 418 g/mol. The molecule has 0 saturated carbocycles. The summed E-state index contributed by atoms with van der Waals surface area (Å²) in [5.74, 6) is -4.20. The van der Waals surface area contributed by atoms with Crippen LogP contribution >= 0.6 is 0 Å². The van der Waals surface area contributed by atoms with Crippen LogP contribution in [0.2, 0.25) is 0 Å². The SMILES string of the molecule is COc1ccc(N2C(=O)NC(=O)C(C(c3ccc(F)cc3)c3ccc(F)cc3)C2=O)cc1. The number of ether oxygens (including phenoxy) is 1. The van der Waals surface area contributed by atoms with Gasteiger partial charge in [-0.05, 0) is 59.7 Å². The largest absolute Gasteiger partial charge is 0.497 e. The van der Waals surface area contributed by atoms with E-state index >= 15 is 0 Å². The first-order valence-corrected chi connectivity index (χ1v) is 9.73. The van der Waals surface area contributed by atoms with Gasteiger partial charge < -0.3 is 4.74 Å². The highest BCUT2D eigenvalue weighted by Gasteiger charge is 2.46. The number of carbonyl (C=O) groups is 3. The molecule has 3 aromatic rings. The Morgan fingerprint density at radius 2 is 1.31 bits per heavy atom. The zero-order valence-corrected chi connectivity index (χ0v) is 16.9. The molecule has 4 rings (SSSR count). The second kappa shape index (κ2) is 8.58. The number of urea groups is 1. The summed E-state index contributed by atoms with van der Waals surface area (Å²) in [6.07, 6.45) is 0. The topological polar surface area (TPSA) is 75.7 Å². The van der Waals surface area contributed by atoms with Gasteiger partial charge in [0, 0.05) is 5.92 Å². The number of halogens is 2. The number of hydrogen-bond donors (Lipinski definition) is 1. The van der Waals surface area contributed by atoms with Crippen molar-refractivity contribution < 1.29 is 27.9 Å². The number of imide groups is 2. The Labute approximate surface area is 182 Å². The van der Waals surface area contributed by atoms with Gasteiger partial charge in [-0.1, -0.05) is 24.3 Å². The second-order valence-electron chi connectivity index (χ2n) is 7.22. The molecule has 3 aromatic carbocycles. The van der Waals surface area contributed by atoms with Crippen molar-refractivity contribution in [2.24, 2.45) is 5.92 Å². The lowest BCUT2D eigenvalue weighted by Gasteiger charge is -2.34. The first-order chi connectivity index (χ1) is 15.4. The molecule has 0 aliphatic carbocycles. The van der Waals surface area contributed by atoms with E-state index in [0.29, 0.717) is 16.9 Å². The average Bonchev–Trinajstić information content (AvgIpc) is 2.78. The monoisotopic (exact) mass is 436 g/mol. The molecule has 1 aliphatic rings. The van der Waals surface area contributed by atoms with Gasteiger partial charge in [0.1, 0.15) is 23.3 Å². The highest BCUT2D eigenvalue weighted by molar-refractivity contribution is 6.28.